The summed E-state index contributed by atoms with van der Waals surface area (Å²) in [5.74, 6) is 0.503. The van der Waals surface area contributed by atoms with E-state index < -0.39 is 0 Å². The molecule has 0 spiro atoms. The molecule has 0 fully saturated rings. The molecule has 3 nitrogen and oxygen atoms in total. The van der Waals surface area contributed by atoms with Gasteiger partial charge in [-0.25, -0.2) is 0 Å². The van der Waals surface area contributed by atoms with Crippen molar-refractivity contribution in [2.75, 3.05) is 6.61 Å². The molecule has 1 heterocycles. The number of hydrogen-bond acceptors (Lipinski definition) is 3. The first-order chi connectivity index (χ1) is 14.7. The zero-order valence-electron chi connectivity index (χ0n) is 19.8. The Morgan fingerprint density at radius 3 is 2.00 bits per heavy atom. The summed E-state index contributed by atoms with van der Waals surface area (Å²) in [4.78, 5) is 17.0. The summed E-state index contributed by atoms with van der Waals surface area (Å²) in [7, 11) is 0. The largest absolute Gasteiger partial charge is 0.501 e. The van der Waals surface area contributed by atoms with Gasteiger partial charge in [0.05, 0.1) is 12.9 Å². The van der Waals surface area contributed by atoms with Crippen molar-refractivity contribution >= 4 is 11.4 Å². The standard InChI is InChI=1S/C27H45NO2/c1-4-7-8-9-10-11-12-13-14-15-16-17-24(5-2)27(29)22-26(23-30-6-3)25-18-20-28-21-19-25/h18-21,23-24H,4-17,22H2,1-3H3. The topological polar surface area (TPSA) is 39.2 Å². The quantitative estimate of drug-likeness (QED) is 0.169. The number of rotatable bonds is 19. The molecular formula is C27H45NO2. The van der Waals surface area contributed by atoms with Crippen molar-refractivity contribution in [1.82, 2.24) is 4.98 Å². The number of allylic oxidation sites excluding steroid dienone is 1. The van der Waals surface area contributed by atoms with Crippen LogP contribution >= 0.6 is 0 Å². The number of hydrogen-bond donors (Lipinski definition) is 0. The molecule has 170 valence electrons. The lowest BCUT2D eigenvalue weighted by Crippen LogP contribution is -2.14. The van der Waals surface area contributed by atoms with E-state index in [4.69, 9.17) is 4.74 Å². The Morgan fingerprint density at radius 2 is 1.47 bits per heavy atom. The van der Waals surface area contributed by atoms with Crippen LogP contribution in [-0.2, 0) is 9.53 Å². The Hall–Kier alpha value is -1.64. The van der Waals surface area contributed by atoms with Gasteiger partial charge in [-0.15, -0.1) is 0 Å². The molecule has 0 saturated heterocycles. The average molecular weight is 416 g/mol. The molecule has 1 aromatic heterocycles. The summed E-state index contributed by atoms with van der Waals surface area (Å²) in [5.41, 5.74) is 1.98. The Morgan fingerprint density at radius 1 is 0.900 bits per heavy atom. The highest BCUT2D eigenvalue weighted by atomic mass is 16.5. The van der Waals surface area contributed by atoms with Crippen LogP contribution in [0.1, 0.15) is 116 Å². The monoisotopic (exact) mass is 415 g/mol. The predicted molar refractivity (Wildman–Crippen MR) is 128 cm³/mol. The number of pyridine rings is 1. The minimum atomic E-state index is 0.162. The molecular weight excluding hydrogens is 370 g/mol. The zero-order valence-corrected chi connectivity index (χ0v) is 19.8. The SMILES string of the molecule is CCCCCCCCCCCCCC(CC)C(=O)CC(=COCC)c1ccncc1. The Balaban J connectivity index is 2.28. The maximum absolute atomic E-state index is 12.9. The summed E-state index contributed by atoms with van der Waals surface area (Å²) < 4.78 is 5.50. The molecule has 3 heteroatoms. The van der Waals surface area contributed by atoms with Crippen LogP contribution in [0.3, 0.4) is 0 Å². The highest BCUT2D eigenvalue weighted by Crippen LogP contribution is 2.24. The van der Waals surface area contributed by atoms with Crippen molar-refractivity contribution in [3.05, 3.63) is 36.4 Å². The summed E-state index contributed by atoms with van der Waals surface area (Å²) in [5, 5.41) is 0. The van der Waals surface area contributed by atoms with E-state index in [0.717, 1.165) is 24.0 Å². The third kappa shape index (κ3) is 12.1. The smallest absolute Gasteiger partial charge is 0.140 e. The van der Waals surface area contributed by atoms with Gasteiger partial charge in [-0.3, -0.25) is 9.78 Å². The second kappa shape index (κ2) is 18.2. The number of Topliss-reactive ketones (excluding diaryl/α,β-unsaturated/α-hetero) is 1. The number of unbranched alkanes of at least 4 members (excludes halogenated alkanes) is 10. The van der Waals surface area contributed by atoms with Crippen molar-refractivity contribution in [3.8, 4) is 0 Å². The molecule has 1 rings (SSSR count). The molecule has 0 saturated carbocycles. The van der Waals surface area contributed by atoms with Crippen LogP contribution in [0.4, 0.5) is 0 Å². The number of carbonyl (C=O) groups is 1. The van der Waals surface area contributed by atoms with Gasteiger partial charge in [-0.1, -0.05) is 84.5 Å². The van der Waals surface area contributed by atoms with E-state index in [2.05, 4.69) is 18.8 Å². The van der Waals surface area contributed by atoms with Crippen molar-refractivity contribution < 1.29 is 9.53 Å². The van der Waals surface area contributed by atoms with E-state index in [9.17, 15) is 4.79 Å². The Bertz CT molecular complexity index is 567. The van der Waals surface area contributed by atoms with Crippen molar-refractivity contribution in [2.24, 2.45) is 5.92 Å². The van der Waals surface area contributed by atoms with Crippen LogP contribution in [0.15, 0.2) is 30.8 Å². The van der Waals surface area contributed by atoms with E-state index in [-0.39, 0.29) is 5.92 Å². The molecule has 1 unspecified atom stereocenters. The normalized spacial score (nSPS) is 12.7. The van der Waals surface area contributed by atoms with Crippen molar-refractivity contribution in [2.45, 2.75) is 111 Å². The van der Waals surface area contributed by atoms with E-state index in [1.807, 2.05) is 19.1 Å². The van der Waals surface area contributed by atoms with Gasteiger partial charge in [0, 0.05) is 30.3 Å². The molecule has 1 aromatic rings. The van der Waals surface area contributed by atoms with Gasteiger partial charge in [0.2, 0.25) is 0 Å². The van der Waals surface area contributed by atoms with Crippen LogP contribution < -0.4 is 0 Å². The number of nitrogens with zero attached hydrogens (tertiary/aromatic N) is 1. The number of carbonyl (C=O) groups excluding carboxylic acids is 1. The Kier molecular flexibility index (Phi) is 16.0. The van der Waals surface area contributed by atoms with Crippen LogP contribution in [0.25, 0.3) is 5.57 Å². The molecule has 0 N–H and O–H groups in total. The van der Waals surface area contributed by atoms with Crippen LogP contribution in [0.5, 0.6) is 0 Å². The number of aromatic nitrogens is 1. The molecule has 0 amide bonds. The summed E-state index contributed by atoms with van der Waals surface area (Å²) in [6.45, 7) is 6.98. The van der Waals surface area contributed by atoms with E-state index in [1.165, 1.54) is 70.6 Å². The fraction of sp³-hybridized carbons (Fsp3) is 0.704. The van der Waals surface area contributed by atoms with E-state index in [1.54, 1.807) is 18.7 Å². The number of ether oxygens (including phenoxy) is 1. The van der Waals surface area contributed by atoms with Gasteiger partial charge in [-0.2, -0.15) is 0 Å². The fourth-order valence-electron chi connectivity index (χ4n) is 3.94. The van der Waals surface area contributed by atoms with Crippen molar-refractivity contribution in [1.29, 1.82) is 0 Å². The molecule has 0 aromatic carbocycles. The fourth-order valence-corrected chi connectivity index (χ4v) is 3.94. The molecule has 1 atom stereocenters. The average Bonchev–Trinajstić information content (AvgIpc) is 2.78. The zero-order chi connectivity index (χ0) is 21.9. The summed E-state index contributed by atoms with van der Waals surface area (Å²) in [6, 6.07) is 3.89. The van der Waals surface area contributed by atoms with Crippen LogP contribution in [-0.4, -0.2) is 17.4 Å². The predicted octanol–water partition coefficient (Wildman–Crippen LogP) is 8.15. The van der Waals surface area contributed by atoms with E-state index >= 15 is 0 Å². The minimum Gasteiger partial charge on any atom is -0.501 e. The van der Waals surface area contributed by atoms with E-state index in [0.29, 0.717) is 18.8 Å². The van der Waals surface area contributed by atoms with Gasteiger partial charge < -0.3 is 4.74 Å². The maximum atomic E-state index is 12.9. The highest BCUT2D eigenvalue weighted by molar-refractivity contribution is 5.91. The van der Waals surface area contributed by atoms with Gasteiger partial charge in [0.25, 0.3) is 0 Å². The first-order valence-corrected chi connectivity index (χ1v) is 12.5. The lowest BCUT2D eigenvalue weighted by atomic mass is 9.89. The second-order valence-electron chi connectivity index (χ2n) is 8.41. The van der Waals surface area contributed by atoms with Gasteiger partial charge >= 0.3 is 0 Å². The second-order valence-corrected chi connectivity index (χ2v) is 8.41. The minimum absolute atomic E-state index is 0.162. The van der Waals surface area contributed by atoms with Gasteiger partial charge in [0.15, 0.2) is 0 Å². The summed E-state index contributed by atoms with van der Waals surface area (Å²) in [6.07, 6.45) is 22.5. The third-order valence-corrected chi connectivity index (χ3v) is 5.91. The highest BCUT2D eigenvalue weighted by Gasteiger charge is 2.18. The molecule has 0 aliphatic carbocycles. The first kappa shape index (κ1) is 26.4. The molecule has 0 aliphatic heterocycles. The molecule has 30 heavy (non-hydrogen) atoms. The number of ketones is 1. The summed E-state index contributed by atoms with van der Waals surface area (Å²) >= 11 is 0. The molecule has 0 aliphatic rings. The third-order valence-electron chi connectivity index (χ3n) is 5.91. The van der Waals surface area contributed by atoms with Crippen molar-refractivity contribution in [3.63, 3.8) is 0 Å². The molecule has 0 radical (unpaired) electrons. The van der Waals surface area contributed by atoms with Crippen LogP contribution in [0, 0.1) is 5.92 Å². The lowest BCUT2D eigenvalue weighted by Gasteiger charge is -2.15. The van der Waals surface area contributed by atoms with Gasteiger partial charge in [0.1, 0.15) is 5.78 Å². The van der Waals surface area contributed by atoms with Gasteiger partial charge in [-0.05, 0) is 37.5 Å². The first-order valence-electron chi connectivity index (χ1n) is 12.5. The van der Waals surface area contributed by atoms with Crippen LogP contribution in [0.2, 0.25) is 0 Å². The molecule has 0 bridgehead atoms. The Labute approximate surface area is 185 Å². The maximum Gasteiger partial charge on any atom is 0.140 e. The lowest BCUT2D eigenvalue weighted by molar-refractivity contribution is -0.122.